The first-order chi connectivity index (χ1) is 14.0. The lowest BCUT2D eigenvalue weighted by molar-refractivity contribution is 0.103. The molecule has 7 heteroatoms. The number of methoxy groups -OCH3 is 6. The highest BCUT2D eigenvalue weighted by Crippen LogP contribution is 2.46. The Balaban J connectivity index is 2.10. The van der Waals surface area contributed by atoms with Crippen LogP contribution in [0.2, 0.25) is 0 Å². The molecule has 0 aromatic heterocycles. The van der Waals surface area contributed by atoms with E-state index in [0.717, 1.165) is 11.1 Å². The molecule has 1 aliphatic rings. The van der Waals surface area contributed by atoms with Crippen LogP contribution < -0.4 is 28.4 Å². The van der Waals surface area contributed by atoms with Crippen molar-refractivity contribution >= 4 is 11.9 Å². The molecule has 7 nitrogen and oxygen atoms in total. The lowest BCUT2D eigenvalue weighted by Crippen LogP contribution is -2.03. The van der Waals surface area contributed by atoms with Crippen molar-refractivity contribution in [1.82, 2.24) is 0 Å². The molecular formula is C22H24O7. The first-order valence-corrected chi connectivity index (χ1v) is 8.89. The summed E-state index contributed by atoms with van der Waals surface area (Å²) in [6.07, 6.45) is 2.26. The summed E-state index contributed by atoms with van der Waals surface area (Å²) in [7, 11) is 9.21. The molecule has 2 aromatic rings. The van der Waals surface area contributed by atoms with E-state index in [0.29, 0.717) is 52.1 Å². The smallest absolute Gasteiger partial charge is 0.204 e. The van der Waals surface area contributed by atoms with Crippen molar-refractivity contribution in [3.63, 3.8) is 0 Å². The molecule has 1 aliphatic carbocycles. The Kier molecular flexibility index (Phi) is 5.87. The number of hydrogen-bond donors (Lipinski definition) is 0. The van der Waals surface area contributed by atoms with E-state index in [1.807, 2.05) is 12.1 Å². The molecular weight excluding hydrogens is 376 g/mol. The van der Waals surface area contributed by atoms with Crippen molar-refractivity contribution in [3.8, 4) is 34.5 Å². The molecule has 2 aromatic carbocycles. The summed E-state index contributed by atoms with van der Waals surface area (Å²) in [5, 5.41) is 0. The van der Waals surface area contributed by atoms with Crippen molar-refractivity contribution in [1.29, 1.82) is 0 Å². The Bertz CT molecular complexity index is 951. The maximum absolute atomic E-state index is 13.1. The fourth-order valence-corrected chi connectivity index (χ4v) is 3.54. The highest BCUT2D eigenvalue weighted by molar-refractivity contribution is 6.17. The van der Waals surface area contributed by atoms with Crippen LogP contribution in [0, 0.1) is 0 Å². The summed E-state index contributed by atoms with van der Waals surface area (Å²) in [4.78, 5) is 13.1. The van der Waals surface area contributed by atoms with E-state index < -0.39 is 0 Å². The molecule has 3 rings (SSSR count). The summed E-state index contributed by atoms with van der Waals surface area (Å²) in [5.74, 6) is 2.70. The van der Waals surface area contributed by atoms with Gasteiger partial charge >= 0.3 is 0 Å². The van der Waals surface area contributed by atoms with E-state index in [-0.39, 0.29) is 5.78 Å². The first kappa shape index (κ1) is 20.4. The van der Waals surface area contributed by atoms with Crippen LogP contribution >= 0.6 is 0 Å². The third-order valence-electron chi connectivity index (χ3n) is 4.84. The molecule has 0 unspecified atom stereocenters. The van der Waals surface area contributed by atoms with Crippen molar-refractivity contribution < 1.29 is 33.2 Å². The molecule has 154 valence electrons. The van der Waals surface area contributed by atoms with Crippen LogP contribution in [0.25, 0.3) is 6.08 Å². The standard InChI is InChI=1S/C22H24O7/c1-24-15-8-12(9-16(25-2)20(15)27-4)7-14-10-13-11-17(26-3)21(28-5)22(29-6)18(13)19(14)23/h7-9,11H,10H2,1-6H3/b14-7+. The number of benzene rings is 2. The van der Waals surface area contributed by atoms with Crippen molar-refractivity contribution in [2.24, 2.45) is 0 Å². The largest absolute Gasteiger partial charge is 0.493 e. The quantitative estimate of drug-likeness (QED) is 0.658. The summed E-state index contributed by atoms with van der Waals surface area (Å²) in [6.45, 7) is 0. The Labute approximate surface area is 169 Å². The van der Waals surface area contributed by atoms with Crippen LogP contribution in [-0.2, 0) is 6.42 Å². The monoisotopic (exact) mass is 400 g/mol. The number of allylic oxidation sites excluding steroid dienone is 1. The second-order valence-corrected chi connectivity index (χ2v) is 6.31. The van der Waals surface area contributed by atoms with Gasteiger partial charge in [-0.3, -0.25) is 4.79 Å². The average molecular weight is 400 g/mol. The van der Waals surface area contributed by atoms with Gasteiger partial charge in [0.1, 0.15) is 0 Å². The van der Waals surface area contributed by atoms with Crippen molar-refractivity contribution in [3.05, 3.63) is 40.5 Å². The molecule has 0 atom stereocenters. The van der Waals surface area contributed by atoms with Gasteiger partial charge in [0.25, 0.3) is 0 Å². The zero-order valence-corrected chi connectivity index (χ0v) is 17.4. The molecule has 0 radical (unpaired) electrons. The van der Waals surface area contributed by atoms with Gasteiger partial charge in [0.2, 0.25) is 11.5 Å². The maximum atomic E-state index is 13.1. The summed E-state index contributed by atoms with van der Waals surface area (Å²) in [5.41, 5.74) is 2.68. The minimum Gasteiger partial charge on any atom is -0.493 e. The summed E-state index contributed by atoms with van der Waals surface area (Å²) >= 11 is 0. The van der Waals surface area contributed by atoms with Gasteiger partial charge in [-0.15, -0.1) is 0 Å². The first-order valence-electron chi connectivity index (χ1n) is 8.89. The topological polar surface area (TPSA) is 72.5 Å². The number of carbonyl (C=O) groups is 1. The zero-order valence-electron chi connectivity index (χ0n) is 17.4. The molecule has 0 spiro atoms. The molecule has 0 saturated carbocycles. The number of hydrogen-bond acceptors (Lipinski definition) is 7. The van der Waals surface area contributed by atoms with E-state index >= 15 is 0 Å². The predicted molar refractivity (Wildman–Crippen MR) is 108 cm³/mol. The molecule has 0 fully saturated rings. The van der Waals surface area contributed by atoms with E-state index in [2.05, 4.69) is 0 Å². The van der Waals surface area contributed by atoms with Gasteiger partial charge in [0.05, 0.1) is 48.2 Å². The Hall–Kier alpha value is -3.35. The zero-order chi connectivity index (χ0) is 21.1. The number of carbonyl (C=O) groups excluding carboxylic acids is 1. The van der Waals surface area contributed by atoms with Gasteiger partial charge in [-0.05, 0) is 35.4 Å². The Morgan fingerprint density at radius 3 is 1.69 bits per heavy atom. The number of ketones is 1. The van der Waals surface area contributed by atoms with Crippen molar-refractivity contribution in [2.75, 3.05) is 42.7 Å². The third kappa shape index (κ3) is 3.44. The van der Waals surface area contributed by atoms with Crippen LogP contribution in [-0.4, -0.2) is 48.4 Å². The van der Waals surface area contributed by atoms with Gasteiger partial charge in [-0.1, -0.05) is 0 Å². The van der Waals surface area contributed by atoms with Gasteiger partial charge in [-0.2, -0.15) is 0 Å². The molecule has 0 amide bonds. The highest BCUT2D eigenvalue weighted by atomic mass is 16.5. The molecule has 0 heterocycles. The summed E-state index contributed by atoms with van der Waals surface area (Å²) < 4.78 is 32.4. The number of ether oxygens (including phenoxy) is 6. The van der Waals surface area contributed by atoms with Gasteiger partial charge in [0.15, 0.2) is 28.8 Å². The van der Waals surface area contributed by atoms with Crippen LogP contribution in [0.3, 0.4) is 0 Å². The molecule has 0 N–H and O–H groups in total. The molecule has 29 heavy (non-hydrogen) atoms. The SMILES string of the molecule is COc1cc(/C=C2\Cc3cc(OC)c(OC)c(OC)c3C2=O)cc(OC)c1OC. The van der Waals surface area contributed by atoms with E-state index in [4.69, 9.17) is 28.4 Å². The van der Waals surface area contributed by atoms with Crippen LogP contribution in [0.4, 0.5) is 0 Å². The average Bonchev–Trinajstić information content (AvgIpc) is 3.06. The second kappa shape index (κ2) is 8.34. The molecule has 0 bridgehead atoms. The minimum atomic E-state index is -0.119. The number of fused-ring (bicyclic) bond motifs is 1. The lowest BCUT2D eigenvalue weighted by Gasteiger charge is -2.14. The van der Waals surface area contributed by atoms with Crippen LogP contribution in [0.5, 0.6) is 34.5 Å². The lowest BCUT2D eigenvalue weighted by atomic mass is 10.1. The van der Waals surface area contributed by atoms with Gasteiger partial charge in [0, 0.05) is 12.0 Å². The van der Waals surface area contributed by atoms with Crippen LogP contribution in [0.15, 0.2) is 23.8 Å². The molecule has 0 aliphatic heterocycles. The van der Waals surface area contributed by atoms with Crippen LogP contribution in [0.1, 0.15) is 21.5 Å². The maximum Gasteiger partial charge on any atom is 0.204 e. The Morgan fingerprint density at radius 2 is 1.21 bits per heavy atom. The Morgan fingerprint density at radius 1 is 0.690 bits per heavy atom. The predicted octanol–water partition coefficient (Wildman–Crippen LogP) is 3.56. The summed E-state index contributed by atoms with van der Waals surface area (Å²) in [6, 6.07) is 5.40. The fourth-order valence-electron chi connectivity index (χ4n) is 3.54. The van der Waals surface area contributed by atoms with Gasteiger partial charge < -0.3 is 28.4 Å². The minimum absolute atomic E-state index is 0.119. The third-order valence-corrected chi connectivity index (χ3v) is 4.84. The van der Waals surface area contributed by atoms with E-state index in [9.17, 15) is 4.79 Å². The second-order valence-electron chi connectivity index (χ2n) is 6.31. The van der Waals surface area contributed by atoms with E-state index in [1.165, 1.54) is 14.2 Å². The highest BCUT2D eigenvalue weighted by Gasteiger charge is 2.33. The van der Waals surface area contributed by atoms with E-state index in [1.54, 1.807) is 40.6 Å². The number of rotatable bonds is 7. The normalized spacial score (nSPS) is 13.9. The van der Waals surface area contributed by atoms with Crippen molar-refractivity contribution in [2.45, 2.75) is 6.42 Å². The fraction of sp³-hybridized carbons (Fsp3) is 0.318. The van der Waals surface area contributed by atoms with Gasteiger partial charge in [-0.25, -0.2) is 0 Å². The molecule has 0 saturated heterocycles. The number of Topliss-reactive ketones (excluding diaryl/α,β-unsaturated/α-hetero) is 1.